The Morgan fingerprint density at radius 1 is 1.32 bits per heavy atom. The molecule has 1 aliphatic carbocycles. The Morgan fingerprint density at radius 3 is 2.58 bits per heavy atom. The summed E-state index contributed by atoms with van der Waals surface area (Å²) in [6.07, 6.45) is 2.67. The number of hydrogen-bond donors (Lipinski definition) is 1. The third-order valence-electron chi connectivity index (χ3n) is 4.37. The molecular weight excluding hydrogens is 234 g/mol. The smallest absolute Gasteiger partial charge is 0.112 e. The minimum absolute atomic E-state index is 0.143. The molecule has 1 heterocycles. The molecule has 1 aromatic carbocycles. The van der Waals surface area contributed by atoms with E-state index in [0.717, 1.165) is 17.1 Å². The quantitative estimate of drug-likeness (QED) is 0.848. The van der Waals surface area contributed by atoms with Crippen LogP contribution in [0.2, 0.25) is 0 Å². The average molecular weight is 257 g/mol. The minimum Gasteiger partial charge on any atom is -0.399 e. The Bertz CT molecular complexity index is 618. The van der Waals surface area contributed by atoms with Gasteiger partial charge in [-0.15, -0.1) is 0 Å². The van der Waals surface area contributed by atoms with E-state index in [4.69, 9.17) is 10.7 Å². The van der Waals surface area contributed by atoms with Crippen LogP contribution in [0, 0.1) is 5.92 Å². The van der Waals surface area contributed by atoms with E-state index in [-0.39, 0.29) is 5.54 Å². The van der Waals surface area contributed by atoms with E-state index in [9.17, 15) is 0 Å². The summed E-state index contributed by atoms with van der Waals surface area (Å²) in [5, 5.41) is 0. The molecule has 0 spiro atoms. The van der Waals surface area contributed by atoms with Gasteiger partial charge >= 0.3 is 0 Å². The van der Waals surface area contributed by atoms with E-state index >= 15 is 0 Å². The molecule has 102 valence electrons. The first kappa shape index (κ1) is 12.5. The Kier molecular flexibility index (Phi) is 2.63. The summed E-state index contributed by atoms with van der Waals surface area (Å²) in [5.41, 5.74) is 9.07. The maximum Gasteiger partial charge on any atom is 0.112 e. The number of nitrogens with zero attached hydrogens (tertiary/aromatic N) is 2. The summed E-state index contributed by atoms with van der Waals surface area (Å²) in [6, 6.07) is 6.09. The van der Waals surface area contributed by atoms with Crippen molar-refractivity contribution in [2.75, 3.05) is 5.73 Å². The number of rotatable bonds is 3. The van der Waals surface area contributed by atoms with Gasteiger partial charge in [0.15, 0.2) is 0 Å². The minimum atomic E-state index is 0.143. The predicted octanol–water partition coefficient (Wildman–Crippen LogP) is 3.89. The van der Waals surface area contributed by atoms with Crippen molar-refractivity contribution < 1.29 is 0 Å². The van der Waals surface area contributed by atoms with E-state index in [2.05, 4.69) is 38.3 Å². The van der Waals surface area contributed by atoms with Crippen LogP contribution < -0.4 is 5.73 Å². The second-order valence-corrected chi connectivity index (χ2v) is 6.64. The van der Waals surface area contributed by atoms with E-state index in [1.165, 1.54) is 24.2 Å². The highest BCUT2D eigenvalue weighted by molar-refractivity contribution is 5.80. The average Bonchev–Trinajstić information content (AvgIpc) is 3.10. The van der Waals surface area contributed by atoms with E-state index < -0.39 is 0 Å². The largest absolute Gasteiger partial charge is 0.399 e. The Labute approximate surface area is 114 Å². The van der Waals surface area contributed by atoms with Crippen molar-refractivity contribution in [2.45, 2.75) is 52.0 Å². The topological polar surface area (TPSA) is 43.8 Å². The molecule has 2 N–H and O–H groups in total. The molecule has 0 unspecified atom stereocenters. The molecule has 0 aliphatic heterocycles. The van der Waals surface area contributed by atoms with Crippen molar-refractivity contribution >= 4 is 16.7 Å². The molecular formula is C16H23N3. The fraction of sp³-hybridized carbons (Fsp3) is 0.562. The van der Waals surface area contributed by atoms with Crippen LogP contribution in [0.3, 0.4) is 0 Å². The van der Waals surface area contributed by atoms with Crippen LogP contribution in [0.1, 0.15) is 52.3 Å². The number of anilines is 1. The predicted molar refractivity (Wildman–Crippen MR) is 80.3 cm³/mol. The molecule has 0 radical (unpaired) electrons. The summed E-state index contributed by atoms with van der Waals surface area (Å²) in [4.78, 5) is 4.83. The van der Waals surface area contributed by atoms with Crippen LogP contribution in [0.5, 0.6) is 0 Å². The number of benzene rings is 1. The lowest BCUT2D eigenvalue weighted by Crippen LogP contribution is -2.30. The third kappa shape index (κ3) is 1.92. The third-order valence-corrected chi connectivity index (χ3v) is 4.37. The van der Waals surface area contributed by atoms with Gasteiger partial charge in [0.25, 0.3) is 0 Å². The second-order valence-electron chi connectivity index (χ2n) is 6.64. The maximum atomic E-state index is 5.89. The van der Waals surface area contributed by atoms with Gasteiger partial charge in [0, 0.05) is 17.1 Å². The number of fused-ring (bicyclic) bond motifs is 1. The second kappa shape index (κ2) is 3.99. The number of hydrogen-bond acceptors (Lipinski definition) is 2. The summed E-state index contributed by atoms with van der Waals surface area (Å²) >= 11 is 0. The highest BCUT2D eigenvalue weighted by Gasteiger charge is 2.41. The Balaban J connectivity index is 2.27. The van der Waals surface area contributed by atoms with Gasteiger partial charge in [-0.1, -0.05) is 13.8 Å². The first-order valence-electron chi connectivity index (χ1n) is 7.19. The van der Waals surface area contributed by atoms with Crippen molar-refractivity contribution in [3.63, 3.8) is 0 Å². The normalized spacial score (nSPS) is 16.5. The zero-order chi connectivity index (χ0) is 13.8. The lowest BCUT2D eigenvalue weighted by molar-refractivity contribution is 0.301. The van der Waals surface area contributed by atoms with Crippen LogP contribution in [-0.4, -0.2) is 9.55 Å². The van der Waals surface area contributed by atoms with Crippen molar-refractivity contribution in [1.29, 1.82) is 0 Å². The molecule has 3 nitrogen and oxygen atoms in total. The van der Waals surface area contributed by atoms with E-state index in [1.807, 2.05) is 12.1 Å². The van der Waals surface area contributed by atoms with Crippen LogP contribution in [0.4, 0.5) is 5.69 Å². The SMILES string of the molecule is CC(C)c1nc2cc(N)ccc2n1C(C)(C)C1CC1. The zero-order valence-corrected chi connectivity index (χ0v) is 12.3. The standard InChI is InChI=1S/C16H23N3/c1-10(2)15-18-13-9-12(17)7-8-14(13)19(15)16(3,4)11-5-6-11/h7-11H,5-6,17H2,1-4H3. The molecule has 1 fully saturated rings. The molecule has 3 rings (SSSR count). The van der Waals surface area contributed by atoms with Gasteiger partial charge in [0.05, 0.1) is 11.0 Å². The van der Waals surface area contributed by atoms with Crippen LogP contribution in [-0.2, 0) is 5.54 Å². The van der Waals surface area contributed by atoms with Crippen LogP contribution in [0.25, 0.3) is 11.0 Å². The molecule has 0 atom stereocenters. The van der Waals surface area contributed by atoms with Crippen molar-refractivity contribution in [1.82, 2.24) is 9.55 Å². The molecule has 19 heavy (non-hydrogen) atoms. The summed E-state index contributed by atoms with van der Waals surface area (Å²) < 4.78 is 2.45. The number of aromatic nitrogens is 2. The first-order chi connectivity index (χ1) is 8.91. The Hall–Kier alpha value is -1.51. The first-order valence-corrected chi connectivity index (χ1v) is 7.19. The van der Waals surface area contributed by atoms with Crippen molar-refractivity contribution in [3.8, 4) is 0 Å². The lowest BCUT2D eigenvalue weighted by Gasteiger charge is -2.30. The highest BCUT2D eigenvalue weighted by Crippen LogP contribution is 2.46. The van der Waals surface area contributed by atoms with Gasteiger partial charge in [-0.05, 0) is 50.8 Å². The summed E-state index contributed by atoms with van der Waals surface area (Å²) in [6.45, 7) is 9.11. The zero-order valence-electron chi connectivity index (χ0n) is 12.3. The van der Waals surface area contributed by atoms with Gasteiger partial charge in [0.2, 0.25) is 0 Å². The molecule has 1 aromatic heterocycles. The fourth-order valence-corrected chi connectivity index (χ4v) is 3.08. The van der Waals surface area contributed by atoms with Crippen molar-refractivity contribution in [3.05, 3.63) is 24.0 Å². The molecule has 2 aromatic rings. The molecule has 0 amide bonds. The van der Waals surface area contributed by atoms with Crippen LogP contribution in [0.15, 0.2) is 18.2 Å². The number of nitrogen functional groups attached to an aromatic ring is 1. The molecule has 3 heteroatoms. The van der Waals surface area contributed by atoms with Gasteiger partial charge in [-0.25, -0.2) is 4.98 Å². The van der Waals surface area contributed by atoms with Gasteiger partial charge < -0.3 is 10.3 Å². The summed E-state index contributed by atoms with van der Waals surface area (Å²) in [7, 11) is 0. The lowest BCUT2D eigenvalue weighted by atomic mass is 9.97. The Morgan fingerprint density at radius 2 is 2.00 bits per heavy atom. The van der Waals surface area contributed by atoms with E-state index in [1.54, 1.807) is 0 Å². The fourth-order valence-electron chi connectivity index (χ4n) is 3.08. The van der Waals surface area contributed by atoms with Gasteiger partial charge in [-0.2, -0.15) is 0 Å². The van der Waals surface area contributed by atoms with Crippen molar-refractivity contribution in [2.24, 2.45) is 5.92 Å². The summed E-state index contributed by atoms with van der Waals surface area (Å²) in [5.74, 6) is 2.38. The molecule has 0 bridgehead atoms. The van der Waals surface area contributed by atoms with Gasteiger partial charge in [-0.3, -0.25) is 0 Å². The van der Waals surface area contributed by atoms with Crippen LogP contribution >= 0.6 is 0 Å². The van der Waals surface area contributed by atoms with Gasteiger partial charge in [0.1, 0.15) is 5.82 Å². The highest BCUT2D eigenvalue weighted by atomic mass is 15.2. The molecule has 0 saturated heterocycles. The maximum absolute atomic E-state index is 5.89. The van der Waals surface area contributed by atoms with E-state index in [0.29, 0.717) is 5.92 Å². The monoisotopic (exact) mass is 257 g/mol. The molecule has 1 aliphatic rings. The number of imidazole rings is 1. The number of nitrogens with two attached hydrogens (primary N) is 1. The molecule has 1 saturated carbocycles.